The van der Waals surface area contributed by atoms with Gasteiger partial charge in [-0.25, -0.2) is 4.98 Å². The molecule has 0 aliphatic heterocycles. The first-order valence-electron chi connectivity index (χ1n) is 5.36. The highest BCUT2D eigenvalue weighted by atomic mass is 32.1. The maximum atomic E-state index is 11.8. The molecule has 7 heteroatoms. The number of rotatable bonds is 7. The van der Waals surface area contributed by atoms with E-state index in [-0.39, 0.29) is 5.92 Å². The van der Waals surface area contributed by atoms with Gasteiger partial charge >= 0.3 is 6.18 Å². The molecule has 0 fully saturated rings. The molecule has 1 aromatic heterocycles. The van der Waals surface area contributed by atoms with Gasteiger partial charge in [-0.1, -0.05) is 6.92 Å². The zero-order chi connectivity index (χ0) is 12.7. The third kappa shape index (κ3) is 6.60. The van der Waals surface area contributed by atoms with Crippen molar-refractivity contribution in [2.75, 3.05) is 26.2 Å². The van der Waals surface area contributed by atoms with Crippen LogP contribution >= 0.6 is 11.3 Å². The molecule has 1 rings (SSSR count). The van der Waals surface area contributed by atoms with Crippen LogP contribution in [0.15, 0.2) is 11.6 Å². The van der Waals surface area contributed by atoms with Crippen LogP contribution in [0.3, 0.4) is 0 Å². The number of aromatic nitrogens is 1. The number of hydrogen-bond donors (Lipinski definition) is 2. The van der Waals surface area contributed by atoms with Crippen LogP contribution in [-0.2, 0) is 0 Å². The molecule has 0 spiro atoms. The van der Waals surface area contributed by atoms with Crippen LogP contribution in [0.4, 0.5) is 13.2 Å². The molecule has 0 saturated carbocycles. The van der Waals surface area contributed by atoms with Crippen molar-refractivity contribution in [1.29, 1.82) is 0 Å². The molecule has 0 radical (unpaired) electrons. The van der Waals surface area contributed by atoms with Gasteiger partial charge in [0.05, 0.1) is 11.6 Å². The standard InChI is InChI=1S/C10H16F3N3S/c1-8(9-16-4-5-17-9)6-14-2-3-15-7-10(11,12)13/h4-5,8,14-15H,2-3,6-7H2,1H3. The second-order valence-electron chi connectivity index (χ2n) is 3.77. The van der Waals surface area contributed by atoms with Crippen molar-refractivity contribution in [2.45, 2.75) is 19.0 Å². The van der Waals surface area contributed by atoms with Gasteiger partial charge in [-0.15, -0.1) is 11.3 Å². The summed E-state index contributed by atoms with van der Waals surface area (Å²) in [5.41, 5.74) is 0. The first-order chi connectivity index (χ1) is 7.99. The average Bonchev–Trinajstić information content (AvgIpc) is 2.74. The molecule has 2 N–H and O–H groups in total. The normalized spacial score (nSPS) is 13.9. The molecule has 0 saturated heterocycles. The summed E-state index contributed by atoms with van der Waals surface area (Å²) in [7, 11) is 0. The Kier molecular flexibility index (Phi) is 5.87. The van der Waals surface area contributed by atoms with E-state index in [1.54, 1.807) is 17.5 Å². The molecule has 1 aromatic rings. The molecular weight excluding hydrogens is 251 g/mol. The minimum atomic E-state index is -4.13. The van der Waals surface area contributed by atoms with Crippen LogP contribution in [0.2, 0.25) is 0 Å². The lowest BCUT2D eigenvalue weighted by atomic mass is 10.2. The highest BCUT2D eigenvalue weighted by Gasteiger charge is 2.25. The number of nitrogens with one attached hydrogen (secondary N) is 2. The van der Waals surface area contributed by atoms with Gasteiger partial charge in [0.25, 0.3) is 0 Å². The largest absolute Gasteiger partial charge is 0.401 e. The lowest BCUT2D eigenvalue weighted by molar-refractivity contribution is -0.124. The second kappa shape index (κ2) is 6.93. The van der Waals surface area contributed by atoms with Gasteiger partial charge in [0.1, 0.15) is 0 Å². The molecule has 98 valence electrons. The van der Waals surface area contributed by atoms with Gasteiger partial charge in [-0.2, -0.15) is 13.2 Å². The minimum Gasteiger partial charge on any atom is -0.315 e. The fourth-order valence-electron chi connectivity index (χ4n) is 1.29. The summed E-state index contributed by atoms with van der Waals surface area (Å²) in [4.78, 5) is 4.18. The Labute approximate surface area is 102 Å². The minimum absolute atomic E-state index is 0.289. The van der Waals surface area contributed by atoms with Crippen LogP contribution in [0.25, 0.3) is 0 Å². The summed E-state index contributed by atoms with van der Waals surface area (Å²) < 4.78 is 35.4. The van der Waals surface area contributed by atoms with E-state index in [4.69, 9.17) is 0 Å². The summed E-state index contributed by atoms with van der Waals surface area (Å²) in [5, 5.41) is 8.39. The number of alkyl halides is 3. The van der Waals surface area contributed by atoms with Crippen LogP contribution < -0.4 is 10.6 Å². The van der Waals surface area contributed by atoms with E-state index in [0.717, 1.165) is 11.6 Å². The summed E-state index contributed by atoms with van der Waals surface area (Å²) in [6.07, 6.45) is -2.38. The van der Waals surface area contributed by atoms with Crippen LogP contribution in [-0.4, -0.2) is 37.3 Å². The fraction of sp³-hybridized carbons (Fsp3) is 0.700. The molecule has 0 aliphatic rings. The summed E-state index contributed by atoms with van der Waals surface area (Å²) in [6, 6.07) is 0. The zero-order valence-corrected chi connectivity index (χ0v) is 10.4. The van der Waals surface area contributed by atoms with E-state index in [1.165, 1.54) is 0 Å². The smallest absolute Gasteiger partial charge is 0.315 e. The van der Waals surface area contributed by atoms with Crippen molar-refractivity contribution in [2.24, 2.45) is 0 Å². The Morgan fingerprint density at radius 3 is 2.65 bits per heavy atom. The third-order valence-corrected chi connectivity index (χ3v) is 3.13. The Morgan fingerprint density at radius 2 is 2.06 bits per heavy atom. The zero-order valence-electron chi connectivity index (χ0n) is 9.55. The van der Waals surface area contributed by atoms with Gasteiger partial charge in [0.15, 0.2) is 0 Å². The highest BCUT2D eigenvalue weighted by molar-refractivity contribution is 7.09. The van der Waals surface area contributed by atoms with Gasteiger partial charge in [-0.3, -0.25) is 0 Å². The Bertz CT molecular complexity index is 300. The Hall–Kier alpha value is -0.660. The van der Waals surface area contributed by atoms with E-state index in [2.05, 4.69) is 15.6 Å². The Balaban J connectivity index is 2.01. The lowest BCUT2D eigenvalue weighted by Gasteiger charge is -2.11. The monoisotopic (exact) mass is 267 g/mol. The number of halogens is 3. The quantitative estimate of drug-likeness (QED) is 0.742. The maximum absolute atomic E-state index is 11.8. The maximum Gasteiger partial charge on any atom is 0.401 e. The van der Waals surface area contributed by atoms with Crippen molar-refractivity contribution in [1.82, 2.24) is 15.6 Å². The van der Waals surface area contributed by atoms with E-state index in [1.807, 2.05) is 12.3 Å². The first-order valence-corrected chi connectivity index (χ1v) is 6.24. The molecule has 3 nitrogen and oxygen atoms in total. The molecule has 0 amide bonds. The van der Waals surface area contributed by atoms with Crippen molar-refractivity contribution >= 4 is 11.3 Å². The third-order valence-electron chi connectivity index (χ3n) is 2.13. The molecule has 0 bridgehead atoms. The number of hydrogen-bond acceptors (Lipinski definition) is 4. The SMILES string of the molecule is CC(CNCCNCC(F)(F)F)c1nccs1. The Morgan fingerprint density at radius 1 is 1.35 bits per heavy atom. The summed E-state index contributed by atoms with van der Waals surface area (Å²) in [5.74, 6) is 0.289. The van der Waals surface area contributed by atoms with Crippen molar-refractivity contribution in [3.05, 3.63) is 16.6 Å². The van der Waals surface area contributed by atoms with E-state index in [0.29, 0.717) is 13.1 Å². The predicted molar refractivity (Wildman–Crippen MR) is 62.3 cm³/mol. The van der Waals surface area contributed by atoms with E-state index < -0.39 is 12.7 Å². The fourth-order valence-corrected chi connectivity index (χ4v) is 1.99. The van der Waals surface area contributed by atoms with E-state index >= 15 is 0 Å². The van der Waals surface area contributed by atoms with Crippen molar-refractivity contribution in [3.63, 3.8) is 0 Å². The van der Waals surface area contributed by atoms with Crippen molar-refractivity contribution < 1.29 is 13.2 Å². The molecule has 17 heavy (non-hydrogen) atoms. The average molecular weight is 267 g/mol. The molecule has 1 unspecified atom stereocenters. The van der Waals surface area contributed by atoms with Crippen LogP contribution in [0.5, 0.6) is 0 Å². The van der Waals surface area contributed by atoms with Crippen LogP contribution in [0.1, 0.15) is 17.8 Å². The second-order valence-corrected chi connectivity index (χ2v) is 4.69. The number of nitrogens with zero attached hydrogens (tertiary/aromatic N) is 1. The summed E-state index contributed by atoms with van der Waals surface area (Å²) >= 11 is 1.59. The molecule has 0 aliphatic carbocycles. The molecule has 1 heterocycles. The molecule has 0 aromatic carbocycles. The van der Waals surface area contributed by atoms with Crippen LogP contribution in [0, 0.1) is 0 Å². The highest BCUT2D eigenvalue weighted by Crippen LogP contribution is 2.16. The number of thiazole rings is 1. The van der Waals surface area contributed by atoms with Crippen molar-refractivity contribution in [3.8, 4) is 0 Å². The van der Waals surface area contributed by atoms with Gasteiger partial charge in [-0.05, 0) is 0 Å². The predicted octanol–water partition coefficient (Wildman–Crippen LogP) is 1.99. The van der Waals surface area contributed by atoms with E-state index in [9.17, 15) is 13.2 Å². The molecular formula is C10H16F3N3S. The first kappa shape index (κ1) is 14.4. The topological polar surface area (TPSA) is 37.0 Å². The molecule has 1 atom stereocenters. The van der Waals surface area contributed by atoms with Gasteiger partial charge < -0.3 is 10.6 Å². The van der Waals surface area contributed by atoms with Gasteiger partial charge in [0, 0.05) is 37.1 Å². The summed E-state index contributed by atoms with van der Waals surface area (Å²) in [6.45, 7) is 2.66. The lowest BCUT2D eigenvalue weighted by Crippen LogP contribution is -2.35. The van der Waals surface area contributed by atoms with Gasteiger partial charge in [0.2, 0.25) is 0 Å².